The van der Waals surface area contributed by atoms with Gasteiger partial charge in [0.15, 0.2) is 5.54 Å². The smallest absolute Gasteiger partial charge is 0.271 e. The molecule has 1 aromatic heterocycles. The molecule has 2 fully saturated rings. The maximum atomic E-state index is 12.5. The molecule has 26 heavy (non-hydrogen) atoms. The van der Waals surface area contributed by atoms with Crippen molar-refractivity contribution in [1.82, 2.24) is 10.3 Å². The van der Waals surface area contributed by atoms with Gasteiger partial charge < -0.3 is 15.8 Å². The summed E-state index contributed by atoms with van der Waals surface area (Å²) in [5.74, 6) is -1.10. The molecule has 0 bridgehead atoms. The number of aromatic nitrogens is 1. The summed E-state index contributed by atoms with van der Waals surface area (Å²) in [6.45, 7) is -0.847. The molecule has 0 aromatic carbocycles. The highest BCUT2D eigenvalue weighted by Crippen LogP contribution is 2.44. The highest BCUT2D eigenvalue weighted by molar-refractivity contribution is 8.30. The van der Waals surface area contributed by atoms with Crippen molar-refractivity contribution in [3.05, 3.63) is 23.5 Å². The van der Waals surface area contributed by atoms with E-state index in [-0.39, 0.29) is 18.2 Å². The number of hydrogen-bond acceptors (Lipinski definition) is 7. The van der Waals surface area contributed by atoms with E-state index in [4.69, 9.17) is 10.5 Å². The number of nitrogens with two attached hydrogens (primary N) is 1. The lowest BCUT2D eigenvalue weighted by molar-refractivity contribution is -0.134. The minimum Gasteiger partial charge on any atom is -0.490 e. The van der Waals surface area contributed by atoms with E-state index in [9.17, 15) is 23.6 Å². The Labute approximate surface area is 152 Å². The zero-order valence-corrected chi connectivity index (χ0v) is 14.4. The van der Waals surface area contributed by atoms with Crippen LogP contribution in [0.5, 0.6) is 5.75 Å². The van der Waals surface area contributed by atoms with Crippen LogP contribution in [0.25, 0.3) is 0 Å². The highest BCUT2D eigenvalue weighted by atomic mass is 32.2. The number of primary amides is 1. The third-order valence-electron chi connectivity index (χ3n) is 4.13. The van der Waals surface area contributed by atoms with Crippen LogP contribution in [-0.4, -0.2) is 45.8 Å². The molecule has 0 radical (unpaired) electrons. The average Bonchev–Trinajstić information content (AvgIpc) is 3.43. The Morgan fingerprint density at radius 2 is 2.08 bits per heavy atom. The Balaban J connectivity index is 1.83. The van der Waals surface area contributed by atoms with Crippen molar-refractivity contribution in [3.8, 4) is 5.75 Å². The zero-order chi connectivity index (χ0) is 18.9. The molecule has 0 unspecified atom stereocenters. The first-order valence-electron chi connectivity index (χ1n) is 7.93. The fourth-order valence-corrected chi connectivity index (χ4v) is 3.45. The van der Waals surface area contributed by atoms with Crippen LogP contribution in [-0.2, 0) is 14.4 Å². The summed E-state index contributed by atoms with van der Waals surface area (Å²) in [5.41, 5.74) is 3.82. The fraction of sp³-hybridized carbons (Fsp3) is 0.438. The first-order valence-corrected chi connectivity index (χ1v) is 8.75. The van der Waals surface area contributed by atoms with E-state index in [0.29, 0.717) is 17.5 Å². The van der Waals surface area contributed by atoms with Gasteiger partial charge in [-0.1, -0.05) is 0 Å². The van der Waals surface area contributed by atoms with Crippen LogP contribution in [0.2, 0.25) is 0 Å². The molecule has 1 aliphatic heterocycles. The number of ether oxygens (including phenoxy) is 1. The molecule has 1 saturated heterocycles. The molecule has 0 atom stereocenters. The van der Waals surface area contributed by atoms with E-state index >= 15 is 0 Å². The van der Waals surface area contributed by atoms with Crippen LogP contribution >= 0.6 is 11.8 Å². The van der Waals surface area contributed by atoms with Gasteiger partial charge in [-0.25, -0.2) is 4.39 Å². The van der Waals surface area contributed by atoms with Gasteiger partial charge in [0.05, 0.1) is 6.42 Å². The van der Waals surface area contributed by atoms with Crippen molar-refractivity contribution >= 4 is 33.8 Å². The van der Waals surface area contributed by atoms with Crippen LogP contribution < -0.4 is 15.8 Å². The molecule has 2 aliphatic rings. The molecule has 2 heterocycles. The van der Waals surface area contributed by atoms with Gasteiger partial charge in [0.1, 0.15) is 24.7 Å². The molecular weight excluding hydrogens is 365 g/mol. The second kappa shape index (κ2) is 7.02. The predicted molar refractivity (Wildman–Crippen MR) is 89.3 cm³/mol. The minimum absolute atomic E-state index is 0.107. The predicted octanol–water partition coefficient (Wildman–Crippen LogP) is 0.451. The van der Waals surface area contributed by atoms with Crippen LogP contribution in [0.4, 0.5) is 4.39 Å². The van der Waals surface area contributed by atoms with Gasteiger partial charge in [-0.3, -0.25) is 24.2 Å². The molecule has 3 rings (SSSR count). The van der Waals surface area contributed by atoms with E-state index in [0.717, 1.165) is 18.4 Å². The Bertz CT molecular complexity index is 782. The first kappa shape index (κ1) is 18.3. The summed E-state index contributed by atoms with van der Waals surface area (Å²) >= 11 is 0.411. The Morgan fingerprint density at radius 1 is 1.38 bits per heavy atom. The number of nitrogens with zero attached hydrogens (tertiary/aromatic N) is 1. The van der Waals surface area contributed by atoms with Crippen molar-refractivity contribution < 1.29 is 28.3 Å². The Hall–Kier alpha value is -2.49. The largest absolute Gasteiger partial charge is 0.490 e. The van der Waals surface area contributed by atoms with Crippen molar-refractivity contribution in [3.63, 3.8) is 0 Å². The molecule has 10 heteroatoms. The van der Waals surface area contributed by atoms with Crippen LogP contribution in [0.15, 0.2) is 12.3 Å². The third-order valence-corrected chi connectivity index (χ3v) is 5.20. The van der Waals surface area contributed by atoms with Gasteiger partial charge >= 0.3 is 0 Å². The van der Waals surface area contributed by atoms with Gasteiger partial charge in [-0.05, 0) is 30.5 Å². The van der Waals surface area contributed by atoms with Crippen molar-refractivity contribution in [1.29, 1.82) is 0 Å². The lowest BCUT2D eigenvalue weighted by atomic mass is 9.96. The molecule has 1 aliphatic carbocycles. The lowest BCUT2D eigenvalue weighted by Crippen LogP contribution is -2.66. The summed E-state index contributed by atoms with van der Waals surface area (Å²) in [4.78, 5) is 51.4. The minimum atomic E-state index is -1.95. The van der Waals surface area contributed by atoms with Gasteiger partial charge in [-0.2, -0.15) is 0 Å². The molecule has 0 spiro atoms. The number of hydrogen-bond donors (Lipinski definition) is 2. The van der Waals surface area contributed by atoms with Gasteiger partial charge in [0.25, 0.3) is 5.91 Å². The number of rotatable bonds is 8. The van der Waals surface area contributed by atoms with Gasteiger partial charge in [0.2, 0.25) is 16.1 Å². The quantitative estimate of drug-likeness (QED) is 0.626. The van der Waals surface area contributed by atoms with E-state index in [1.165, 1.54) is 12.3 Å². The van der Waals surface area contributed by atoms with E-state index < -0.39 is 40.7 Å². The van der Waals surface area contributed by atoms with Crippen LogP contribution in [0.3, 0.4) is 0 Å². The summed E-state index contributed by atoms with van der Waals surface area (Å²) < 4.78 is 17.8. The van der Waals surface area contributed by atoms with Gasteiger partial charge in [0, 0.05) is 17.8 Å². The second-order valence-corrected chi connectivity index (χ2v) is 7.04. The monoisotopic (exact) mass is 381 g/mol. The van der Waals surface area contributed by atoms with E-state index in [2.05, 4.69) is 10.3 Å². The Kier molecular flexibility index (Phi) is 4.94. The summed E-state index contributed by atoms with van der Waals surface area (Å²) in [6, 6.07) is 1.34. The van der Waals surface area contributed by atoms with Crippen molar-refractivity contribution in [2.24, 2.45) is 5.73 Å². The SMILES string of the molecule is NC(=O)CC1(NC(=O)c2cc(OCCF)c(C3CC3)cn2)C(=O)SC1=O. The van der Waals surface area contributed by atoms with Crippen molar-refractivity contribution in [2.75, 3.05) is 13.3 Å². The maximum absolute atomic E-state index is 12.5. The topological polar surface area (TPSA) is 128 Å². The number of nitrogens with one attached hydrogen (secondary N) is 1. The first-order chi connectivity index (χ1) is 12.4. The molecule has 2 amide bonds. The van der Waals surface area contributed by atoms with Crippen molar-refractivity contribution in [2.45, 2.75) is 30.7 Å². The highest BCUT2D eigenvalue weighted by Gasteiger charge is 2.58. The van der Waals surface area contributed by atoms with E-state index in [1.807, 2.05) is 0 Å². The van der Waals surface area contributed by atoms with Gasteiger partial charge in [-0.15, -0.1) is 0 Å². The standard InChI is InChI=1S/C16H16FN3O5S/c17-3-4-25-11-5-10(19-7-9(11)8-1-2-8)13(22)20-16(6-12(18)21)14(23)26-15(16)24/h5,7-8H,1-4,6H2,(H2,18,21)(H,20,22). The summed E-state index contributed by atoms with van der Waals surface area (Å²) in [6.07, 6.45) is 2.77. The second-order valence-electron chi connectivity index (χ2n) is 6.10. The number of carbonyl (C=O) groups excluding carboxylic acids is 4. The molecular formula is C16H16FN3O5S. The molecule has 8 nitrogen and oxygen atoms in total. The number of thioether (sulfide) groups is 1. The molecule has 3 N–H and O–H groups in total. The molecule has 1 saturated carbocycles. The number of amides is 2. The molecule has 1 aromatic rings. The fourth-order valence-electron chi connectivity index (χ4n) is 2.65. The summed E-state index contributed by atoms with van der Waals surface area (Å²) in [5, 5.41) is 0.964. The summed E-state index contributed by atoms with van der Waals surface area (Å²) in [7, 11) is 0. The lowest BCUT2D eigenvalue weighted by Gasteiger charge is -2.36. The molecule has 138 valence electrons. The zero-order valence-electron chi connectivity index (χ0n) is 13.6. The van der Waals surface area contributed by atoms with Crippen LogP contribution in [0.1, 0.15) is 41.2 Å². The number of halogens is 1. The van der Waals surface area contributed by atoms with Crippen LogP contribution in [0, 0.1) is 0 Å². The normalized spacial score (nSPS) is 18.2. The number of alkyl halides is 1. The Morgan fingerprint density at radius 3 is 2.62 bits per heavy atom. The number of pyridine rings is 1. The average molecular weight is 381 g/mol. The number of carbonyl (C=O) groups is 4. The van der Waals surface area contributed by atoms with E-state index in [1.54, 1.807) is 0 Å². The maximum Gasteiger partial charge on any atom is 0.271 e. The third kappa shape index (κ3) is 3.41.